The Kier molecular flexibility index (Phi) is 2.45. The van der Waals surface area contributed by atoms with Crippen LogP contribution in [-0.2, 0) is 7.05 Å². The molecule has 2 heterocycles. The maximum Gasteiger partial charge on any atom is 0.0404 e. The van der Waals surface area contributed by atoms with E-state index in [9.17, 15) is 0 Å². The lowest BCUT2D eigenvalue weighted by molar-refractivity contribution is 0.915. The molecule has 70 valence electrons. The fraction of sp³-hybridized carbons (Fsp3) is 0.0833. The highest BCUT2D eigenvalue weighted by Crippen LogP contribution is 2.06. The summed E-state index contributed by atoms with van der Waals surface area (Å²) in [7, 11) is 2.03. The van der Waals surface area contributed by atoms with Crippen LogP contribution in [0.5, 0.6) is 0 Å². The molecule has 2 heteroatoms. The van der Waals surface area contributed by atoms with Gasteiger partial charge in [0.2, 0.25) is 0 Å². The summed E-state index contributed by atoms with van der Waals surface area (Å²) in [5.41, 5.74) is 2.36. The summed E-state index contributed by atoms with van der Waals surface area (Å²) in [6.45, 7) is 0. The van der Waals surface area contributed by atoms with Crippen LogP contribution in [-0.4, -0.2) is 9.55 Å². The molecule has 2 aromatic heterocycles. The van der Waals surface area contributed by atoms with Crippen LogP contribution in [0.4, 0.5) is 0 Å². The molecule has 14 heavy (non-hydrogen) atoms. The topological polar surface area (TPSA) is 17.8 Å². The molecule has 0 spiro atoms. The van der Waals surface area contributed by atoms with Crippen molar-refractivity contribution in [2.75, 3.05) is 0 Å². The van der Waals surface area contributed by atoms with Crippen LogP contribution in [0.15, 0.2) is 42.9 Å². The van der Waals surface area contributed by atoms with E-state index >= 15 is 0 Å². The van der Waals surface area contributed by atoms with E-state index in [1.807, 2.05) is 31.4 Å². The minimum atomic E-state index is 1.17. The fourth-order valence-corrected chi connectivity index (χ4v) is 1.30. The normalized spacial score (nSPS) is 10.9. The number of hydrogen-bond donors (Lipinski definition) is 0. The number of hydrogen-bond acceptors (Lipinski definition) is 1. The number of aryl methyl sites for hydroxylation is 1. The Morgan fingerprint density at radius 1 is 1.14 bits per heavy atom. The maximum atomic E-state index is 3.97. The molecular formula is C12H12N2. The number of rotatable bonds is 2. The molecule has 0 aliphatic rings. The number of nitrogens with zero attached hydrogens (tertiary/aromatic N) is 2. The third-order valence-corrected chi connectivity index (χ3v) is 2.14. The lowest BCUT2D eigenvalue weighted by atomic mass is 10.2. The van der Waals surface area contributed by atoms with Crippen molar-refractivity contribution >= 4 is 12.2 Å². The first-order chi connectivity index (χ1) is 6.86. The molecule has 0 aliphatic heterocycles. The predicted molar refractivity (Wildman–Crippen MR) is 58.6 cm³/mol. The van der Waals surface area contributed by atoms with E-state index in [0.29, 0.717) is 0 Å². The molecule has 0 N–H and O–H groups in total. The average molecular weight is 184 g/mol. The molecule has 0 saturated carbocycles. The van der Waals surface area contributed by atoms with E-state index in [1.165, 1.54) is 11.3 Å². The Morgan fingerprint density at radius 2 is 1.93 bits per heavy atom. The molecule has 2 rings (SSSR count). The van der Waals surface area contributed by atoms with Crippen molar-refractivity contribution in [3.63, 3.8) is 0 Å². The largest absolute Gasteiger partial charge is 0.351 e. The van der Waals surface area contributed by atoms with E-state index in [-0.39, 0.29) is 0 Å². The first kappa shape index (κ1) is 8.75. The highest BCUT2D eigenvalue weighted by molar-refractivity contribution is 5.67. The Labute approximate surface area is 83.5 Å². The molecule has 0 aliphatic carbocycles. The summed E-state index contributed by atoms with van der Waals surface area (Å²) in [5.74, 6) is 0. The van der Waals surface area contributed by atoms with Crippen LogP contribution in [0.3, 0.4) is 0 Å². The number of aromatic nitrogens is 2. The summed E-state index contributed by atoms with van der Waals surface area (Å²) in [5, 5.41) is 0. The van der Waals surface area contributed by atoms with Crippen LogP contribution in [0, 0.1) is 0 Å². The van der Waals surface area contributed by atoms with Crippen LogP contribution in [0.1, 0.15) is 11.3 Å². The number of pyridine rings is 1. The van der Waals surface area contributed by atoms with Gasteiger partial charge in [-0.3, -0.25) is 4.98 Å². The molecule has 0 atom stereocenters. The van der Waals surface area contributed by atoms with E-state index < -0.39 is 0 Å². The minimum Gasteiger partial charge on any atom is -0.351 e. The lowest BCUT2D eigenvalue weighted by Crippen LogP contribution is -1.86. The standard InChI is InChI=1S/C12H12N2/c1-14-10-2-3-12(14)5-4-11-6-8-13-9-7-11/h2-10H,1H3. The summed E-state index contributed by atoms with van der Waals surface area (Å²) >= 11 is 0. The molecule has 0 amide bonds. The SMILES string of the molecule is Cn1cccc1C=Cc1ccncc1. The van der Waals surface area contributed by atoms with Crippen molar-refractivity contribution in [1.29, 1.82) is 0 Å². The second kappa shape index (κ2) is 3.92. The summed E-state index contributed by atoms with van der Waals surface area (Å²) in [6.07, 6.45) is 9.80. The third kappa shape index (κ3) is 1.91. The minimum absolute atomic E-state index is 1.17. The quantitative estimate of drug-likeness (QED) is 0.701. The van der Waals surface area contributed by atoms with Crippen molar-refractivity contribution in [1.82, 2.24) is 9.55 Å². The highest BCUT2D eigenvalue weighted by atomic mass is 14.9. The van der Waals surface area contributed by atoms with Gasteiger partial charge in [0.15, 0.2) is 0 Å². The van der Waals surface area contributed by atoms with Gasteiger partial charge in [0, 0.05) is 31.3 Å². The van der Waals surface area contributed by atoms with E-state index in [2.05, 4.69) is 27.8 Å². The van der Waals surface area contributed by atoms with Crippen molar-refractivity contribution < 1.29 is 0 Å². The predicted octanol–water partition coefficient (Wildman–Crippen LogP) is 2.59. The highest BCUT2D eigenvalue weighted by Gasteiger charge is 1.90. The first-order valence-electron chi connectivity index (χ1n) is 4.56. The molecule has 2 nitrogen and oxygen atoms in total. The van der Waals surface area contributed by atoms with Crippen molar-refractivity contribution in [3.05, 3.63) is 54.1 Å². The zero-order chi connectivity index (χ0) is 9.80. The zero-order valence-electron chi connectivity index (χ0n) is 8.09. The van der Waals surface area contributed by atoms with Gasteiger partial charge in [-0.1, -0.05) is 6.08 Å². The van der Waals surface area contributed by atoms with Gasteiger partial charge in [-0.2, -0.15) is 0 Å². The van der Waals surface area contributed by atoms with Gasteiger partial charge in [0.25, 0.3) is 0 Å². The second-order valence-corrected chi connectivity index (χ2v) is 3.16. The van der Waals surface area contributed by atoms with Crippen LogP contribution in [0.2, 0.25) is 0 Å². The van der Waals surface area contributed by atoms with Gasteiger partial charge in [-0.05, 0) is 35.9 Å². The van der Waals surface area contributed by atoms with E-state index in [1.54, 1.807) is 12.4 Å². The van der Waals surface area contributed by atoms with Gasteiger partial charge >= 0.3 is 0 Å². The third-order valence-electron chi connectivity index (χ3n) is 2.14. The van der Waals surface area contributed by atoms with Crippen molar-refractivity contribution in [2.45, 2.75) is 0 Å². The van der Waals surface area contributed by atoms with Crippen molar-refractivity contribution in [2.24, 2.45) is 7.05 Å². The van der Waals surface area contributed by atoms with Gasteiger partial charge < -0.3 is 4.57 Å². The van der Waals surface area contributed by atoms with Gasteiger partial charge in [0.1, 0.15) is 0 Å². The molecule has 0 bridgehead atoms. The smallest absolute Gasteiger partial charge is 0.0404 e. The molecule has 2 aromatic rings. The van der Waals surface area contributed by atoms with Gasteiger partial charge in [0.05, 0.1) is 0 Å². The molecule has 0 unspecified atom stereocenters. The second-order valence-electron chi connectivity index (χ2n) is 3.16. The zero-order valence-corrected chi connectivity index (χ0v) is 8.09. The van der Waals surface area contributed by atoms with E-state index in [0.717, 1.165) is 0 Å². The Balaban J connectivity index is 2.20. The Hall–Kier alpha value is -1.83. The van der Waals surface area contributed by atoms with Crippen LogP contribution >= 0.6 is 0 Å². The Morgan fingerprint density at radius 3 is 2.57 bits per heavy atom. The van der Waals surface area contributed by atoms with Crippen LogP contribution in [0.25, 0.3) is 12.2 Å². The first-order valence-corrected chi connectivity index (χ1v) is 4.56. The summed E-state index contributed by atoms with van der Waals surface area (Å²) in [6, 6.07) is 8.09. The summed E-state index contributed by atoms with van der Waals surface area (Å²) < 4.78 is 2.08. The lowest BCUT2D eigenvalue weighted by Gasteiger charge is -1.95. The van der Waals surface area contributed by atoms with Gasteiger partial charge in [-0.15, -0.1) is 0 Å². The molecule has 0 radical (unpaired) electrons. The molecule has 0 saturated heterocycles. The molecule has 0 aromatic carbocycles. The van der Waals surface area contributed by atoms with Crippen LogP contribution < -0.4 is 0 Å². The van der Waals surface area contributed by atoms with Crippen molar-refractivity contribution in [3.8, 4) is 0 Å². The van der Waals surface area contributed by atoms with Gasteiger partial charge in [-0.25, -0.2) is 0 Å². The fourth-order valence-electron chi connectivity index (χ4n) is 1.30. The maximum absolute atomic E-state index is 3.97. The molecular weight excluding hydrogens is 172 g/mol. The average Bonchev–Trinajstić information content (AvgIpc) is 2.63. The summed E-state index contributed by atoms with van der Waals surface area (Å²) in [4.78, 5) is 3.97. The van der Waals surface area contributed by atoms with E-state index in [4.69, 9.17) is 0 Å². The monoisotopic (exact) mass is 184 g/mol. The Bertz CT molecular complexity index is 427. The molecule has 0 fully saturated rings.